The largest absolute Gasteiger partial charge is 0.433 e. The van der Waals surface area contributed by atoms with Crippen molar-refractivity contribution in [3.8, 4) is 11.1 Å². The zero-order valence-electron chi connectivity index (χ0n) is 19.1. The number of pyridine rings is 2. The van der Waals surface area contributed by atoms with Crippen molar-refractivity contribution < 1.29 is 18.0 Å². The highest BCUT2D eigenvalue weighted by Crippen LogP contribution is 2.27. The van der Waals surface area contributed by atoms with Gasteiger partial charge in [-0.15, -0.1) is 0 Å². The van der Waals surface area contributed by atoms with Crippen molar-refractivity contribution in [3.05, 3.63) is 84.1 Å². The Morgan fingerprint density at radius 1 is 1.09 bits per heavy atom. The van der Waals surface area contributed by atoms with Crippen LogP contribution in [0.4, 0.5) is 19.0 Å². The van der Waals surface area contributed by atoms with E-state index in [9.17, 15) is 18.0 Å². The van der Waals surface area contributed by atoms with E-state index in [-0.39, 0.29) is 5.91 Å². The number of alkyl halides is 3. The molecule has 35 heavy (non-hydrogen) atoms. The molecule has 3 aromatic heterocycles. The third-order valence-corrected chi connectivity index (χ3v) is 5.55. The Balaban J connectivity index is 1.40. The molecule has 0 bridgehead atoms. The highest BCUT2D eigenvalue weighted by Gasteiger charge is 2.32. The zero-order chi connectivity index (χ0) is 24.8. The van der Waals surface area contributed by atoms with E-state index < -0.39 is 17.9 Å². The molecule has 4 rings (SSSR count). The molecule has 3 heterocycles. The summed E-state index contributed by atoms with van der Waals surface area (Å²) >= 11 is 0. The molecule has 0 spiro atoms. The second kappa shape index (κ2) is 10.6. The number of rotatable bonds is 8. The second-order valence-corrected chi connectivity index (χ2v) is 8.19. The van der Waals surface area contributed by atoms with Crippen LogP contribution in [0.5, 0.6) is 0 Å². The van der Waals surface area contributed by atoms with Gasteiger partial charge in [-0.05, 0) is 48.6 Å². The van der Waals surface area contributed by atoms with Crippen LogP contribution in [0.3, 0.4) is 0 Å². The third-order valence-electron chi connectivity index (χ3n) is 5.55. The molecule has 3 aromatic rings. The molecule has 1 amide bonds. The summed E-state index contributed by atoms with van der Waals surface area (Å²) in [5.74, 6) is 0.150. The zero-order valence-corrected chi connectivity index (χ0v) is 19.1. The number of nitrogens with one attached hydrogen (secondary N) is 2. The number of amides is 1. The number of carbonyl (C=O) groups is 1. The quantitative estimate of drug-likeness (QED) is 0.500. The molecular weight excluding hydrogens is 457 g/mol. The lowest BCUT2D eigenvalue weighted by Gasteiger charge is -2.21. The van der Waals surface area contributed by atoms with E-state index in [1.54, 1.807) is 23.1 Å². The Hall–Kier alpha value is -3.79. The predicted molar refractivity (Wildman–Crippen MR) is 126 cm³/mol. The number of aryl methyl sites for hydroxylation is 1. The van der Waals surface area contributed by atoms with E-state index in [1.165, 1.54) is 12.3 Å². The minimum atomic E-state index is -4.47. The maximum atomic E-state index is 13.1. The monoisotopic (exact) mass is 482 g/mol. The maximum Gasteiger partial charge on any atom is 0.433 e. The van der Waals surface area contributed by atoms with Crippen molar-refractivity contribution in [2.45, 2.75) is 31.5 Å². The van der Waals surface area contributed by atoms with Crippen LogP contribution in [-0.2, 0) is 24.4 Å². The first-order chi connectivity index (χ1) is 16.8. The molecular formula is C25H25F3N6O. The molecule has 7 nitrogen and oxygen atoms in total. The lowest BCUT2D eigenvalue weighted by Crippen LogP contribution is -2.43. The molecule has 10 heteroatoms. The van der Waals surface area contributed by atoms with Crippen LogP contribution in [-0.4, -0.2) is 38.2 Å². The third kappa shape index (κ3) is 6.42. The average molecular weight is 483 g/mol. The van der Waals surface area contributed by atoms with E-state index in [0.717, 1.165) is 35.6 Å². The average Bonchev–Trinajstić information content (AvgIpc) is 3.29. The topological polar surface area (TPSA) is 84.7 Å². The molecule has 1 aliphatic carbocycles. The van der Waals surface area contributed by atoms with Crippen molar-refractivity contribution >= 4 is 11.7 Å². The van der Waals surface area contributed by atoms with Gasteiger partial charge in [-0.2, -0.15) is 18.3 Å². The normalized spacial score (nSPS) is 14.5. The number of carbonyl (C=O) groups excluding carboxylic acids is 1. The summed E-state index contributed by atoms with van der Waals surface area (Å²) in [4.78, 5) is 21.0. The highest BCUT2D eigenvalue weighted by atomic mass is 19.4. The number of halogens is 3. The summed E-state index contributed by atoms with van der Waals surface area (Å²) in [6.45, 7) is 0.379. The predicted octanol–water partition coefficient (Wildman–Crippen LogP) is 4.31. The van der Waals surface area contributed by atoms with Crippen LogP contribution >= 0.6 is 0 Å². The maximum absolute atomic E-state index is 13.1. The van der Waals surface area contributed by atoms with E-state index >= 15 is 0 Å². The highest BCUT2D eigenvalue weighted by molar-refractivity contribution is 5.96. The van der Waals surface area contributed by atoms with E-state index in [4.69, 9.17) is 0 Å². The van der Waals surface area contributed by atoms with Gasteiger partial charge < -0.3 is 10.6 Å². The fourth-order valence-corrected chi connectivity index (χ4v) is 3.72. The van der Waals surface area contributed by atoms with Crippen LogP contribution in [0, 0.1) is 0 Å². The number of hydrogen-bond donors (Lipinski definition) is 2. The minimum Gasteiger partial charge on any atom is -0.309 e. The SMILES string of the molecule is Cn1cc(-c2ccc(NC(=O)C(NCCc3ccc(C(F)(F)F)nc3)C3=CCCC=C3)nc2)cn1. The molecule has 2 N–H and O–H groups in total. The van der Waals surface area contributed by atoms with Crippen molar-refractivity contribution in [2.75, 3.05) is 11.9 Å². The van der Waals surface area contributed by atoms with E-state index in [0.29, 0.717) is 24.3 Å². The fourth-order valence-electron chi connectivity index (χ4n) is 3.72. The Bertz CT molecular complexity index is 1210. The molecule has 0 radical (unpaired) electrons. The summed E-state index contributed by atoms with van der Waals surface area (Å²) in [5, 5.41) is 10.2. The van der Waals surface area contributed by atoms with Crippen LogP contribution in [0.2, 0.25) is 0 Å². The number of allylic oxidation sites excluding steroid dienone is 2. The number of anilines is 1. The summed E-state index contributed by atoms with van der Waals surface area (Å²) in [6, 6.07) is 5.33. The van der Waals surface area contributed by atoms with Crippen LogP contribution < -0.4 is 10.6 Å². The number of hydrogen-bond acceptors (Lipinski definition) is 5. The van der Waals surface area contributed by atoms with Gasteiger partial charge in [-0.25, -0.2) is 4.98 Å². The van der Waals surface area contributed by atoms with Gasteiger partial charge in [0.2, 0.25) is 5.91 Å². The Morgan fingerprint density at radius 2 is 1.94 bits per heavy atom. The van der Waals surface area contributed by atoms with Gasteiger partial charge >= 0.3 is 6.18 Å². The lowest BCUT2D eigenvalue weighted by molar-refractivity contribution is -0.141. The van der Waals surface area contributed by atoms with Crippen molar-refractivity contribution in [3.63, 3.8) is 0 Å². The molecule has 0 fully saturated rings. The van der Waals surface area contributed by atoms with Crippen molar-refractivity contribution in [1.29, 1.82) is 0 Å². The summed E-state index contributed by atoms with van der Waals surface area (Å²) in [5.41, 5.74) is 2.37. The molecule has 0 aromatic carbocycles. The number of nitrogens with zero attached hydrogens (tertiary/aromatic N) is 4. The van der Waals surface area contributed by atoms with E-state index in [2.05, 4.69) is 25.7 Å². The Morgan fingerprint density at radius 3 is 2.54 bits per heavy atom. The van der Waals surface area contributed by atoms with Gasteiger partial charge in [0.1, 0.15) is 17.6 Å². The van der Waals surface area contributed by atoms with Crippen LogP contribution in [0.25, 0.3) is 11.1 Å². The number of aromatic nitrogens is 4. The van der Waals surface area contributed by atoms with Crippen LogP contribution in [0.15, 0.2) is 72.9 Å². The summed E-state index contributed by atoms with van der Waals surface area (Å²) < 4.78 is 39.9. The van der Waals surface area contributed by atoms with Gasteiger partial charge in [0.15, 0.2) is 0 Å². The standard InChI is InChI=1S/C25H25F3N6O/c1-34-16-20(15-32-34)19-8-10-22(31-14-19)33-24(35)23(18-5-3-2-4-6-18)29-12-11-17-7-9-21(30-13-17)25(26,27)28/h3,5-10,13-16,23,29H,2,4,11-12H2,1H3,(H,31,33,35). The summed E-state index contributed by atoms with van der Waals surface area (Å²) in [6.07, 6.45) is 10.1. The first-order valence-corrected chi connectivity index (χ1v) is 11.2. The summed E-state index contributed by atoms with van der Waals surface area (Å²) in [7, 11) is 1.83. The van der Waals surface area contributed by atoms with Gasteiger partial charge in [-0.1, -0.05) is 24.3 Å². The van der Waals surface area contributed by atoms with Crippen LogP contribution in [0.1, 0.15) is 24.1 Å². The van der Waals surface area contributed by atoms with Gasteiger partial charge in [0.25, 0.3) is 0 Å². The second-order valence-electron chi connectivity index (χ2n) is 8.19. The molecule has 1 unspecified atom stereocenters. The Labute approximate surface area is 200 Å². The molecule has 0 saturated heterocycles. The Kier molecular flexibility index (Phi) is 7.40. The smallest absolute Gasteiger partial charge is 0.309 e. The first kappa shape index (κ1) is 24.3. The lowest BCUT2D eigenvalue weighted by atomic mass is 9.99. The van der Waals surface area contributed by atoms with Gasteiger partial charge in [0.05, 0.1) is 6.20 Å². The van der Waals surface area contributed by atoms with Gasteiger partial charge in [-0.3, -0.25) is 14.5 Å². The van der Waals surface area contributed by atoms with Crippen molar-refractivity contribution in [1.82, 2.24) is 25.1 Å². The molecule has 1 atom stereocenters. The van der Waals surface area contributed by atoms with Gasteiger partial charge in [0, 0.05) is 43.3 Å². The molecule has 1 aliphatic rings. The molecule has 182 valence electrons. The van der Waals surface area contributed by atoms with E-state index in [1.807, 2.05) is 37.5 Å². The van der Waals surface area contributed by atoms with Crippen molar-refractivity contribution in [2.24, 2.45) is 7.05 Å². The molecule has 0 aliphatic heterocycles. The first-order valence-electron chi connectivity index (χ1n) is 11.2. The molecule has 0 saturated carbocycles. The minimum absolute atomic E-state index is 0.269. The fraction of sp³-hybridized carbons (Fsp3) is 0.280.